The van der Waals surface area contributed by atoms with Gasteiger partial charge in [-0.3, -0.25) is 0 Å². The molecular weight excluding hydrogens is 254 g/mol. The number of aliphatic hydroxyl groups is 1. The number of fused-ring (bicyclic) bond motifs is 1. The summed E-state index contributed by atoms with van der Waals surface area (Å²) in [7, 11) is 0. The Balaban J connectivity index is 1.96. The SMILES string of the molecule is CC(O)CC(C)CNC1CSCCc2ccccc21. The lowest BCUT2D eigenvalue weighted by molar-refractivity contribution is 0.162. The lowest BCUT2D eigenvalue weighted by Crippen LogP contribution is -2.29. The zero-order chi connectivity index (χ0) is 13.7. The summed E-state index contributed by atoms with van der Waals surface area (Å²) < 4.78 is 0. The quantitative estimate of drug-likeness (QED) is 0.869. The van der Waals surface area contributed by atoms with E-state index < -0.39 is 0 Å². The van der Waals surface area contributed by atoms with E-state index >= 15 is 0 Å². The monoisotopic (exact) mass is 279 g/mol. The second kappa shape index (κ2) is 7.32. The Labute approximate surface area is 121 Å². The number of thioether (sulfide) groups is 1. The second-order valence-electron chi connectivity index (χ2n) is 5.67. The molecule has 0 aliphatic carbocycles. The van der Waals surface area contributed by atoms with Gasteiger partial charge in [0.15, 0.2) is 0 Å². The van der Waals surface area contributed by atoms with Gasteiger partial charge in [-0.15, -0.1) is 0 Å². The molecule has 1 heterocycles. The summed E-state index contributed by atoms with van der Waals surface area (Å²) in [6.07, 6.45) is 1.85. The van der Waals surface area contributed by atoms with Crippen LogP contribution in [0.15, 0.2) is 24.3 Å². The summed E-state index contributed by atoms with van der Waals surface area (Å²) in [6, 6.07) is 9.26. The molecule has 1 aromatic carbocycles. The van der Waals surface area contributed by atoms with Crippen molar-refractivity contribution in [2.45, 2.75) is 38.8 Å². The van der Waals surface area contributed by atoms with E-state index in [2.05, 4.69) is 36.5 Å². The predicted molar refractivity (Wildman–Crippen MR) is 83.7 cm³/mol. The second-order valence-corrected chi connectivity index (χ2v) is 6.82. The van der Waals surface area contributed by atoms with Gasteiger partial charge in [0.05, 0.1) is 6.10 Å². The number of hydrogen-bond acceptors (Lipinski definition) is 3. The topological polar surface area (TPSA) is 32.3 Å². The van der Waals surface area contributed by atoms with E-state index in [4.69, 9.17) is 0 Å². The van der Waals surface area contributed by atoms with Crippen LogP contribution in [0.3, 0.4) is 0 Å². The highest BCUT2D eigenvalue weighted by Gasteiger charge is 2.18. The van der Waals surface area contributed by atoms with Crippen molar-refractivity contribution in [2.24, 2.45) is 5.92 Å². The van der Waals surface area contributed by atoms with Crippen LogP contribution in [0.1, 0.15) is 37.4 Å². The molecule has 0 amide bonds. The van der Waals surface area contributed by atoms with Crippen molar-refractivity contribution in [1.82, 2.24) is 5.32 Å². The zero-order valence-corrected chi connectivity index (χ0v) is 12.7. The van der Waals surface area contributed by atoms with E-state index in [0.29, 0.717) is 12.0 Å². The average molecular weight is 279 g/mol. The van der Waals surface area contributed by atoms with Crippen LogP contribution in [-0.2, 0) is 6.42 Å². The Kier molecular flexibility index (Phi) is 5.74. The van der Waals surface area contributed by atoms with Crippen molar-refractivity contribution < 1.29 is 5.11 Å². The van der Waals surface area contributed by atoms with E-state index in [1.807, 2.05) is 18.7 Å². The fourth-order valence-corrected chi connectivity index (χ4v) is 3.82. The molecule has 0 saturated carbocycles. The Morgan fingerprint density at radius 2 is 2.16 bits per heavy atom. The van der Waals surface area contributed by atoms with Crippen molar-refractivity contribution >= 4 is 11.8 Å². The number of rotatable bonds is 5. The van der Waals surface area contributed by atoms with Gasteiger partial charge in [0.25, 0.3) is 0 Å². The molecule has 1 aromatic rings. The smallest absolute Gasteiger partial charge is 0.0515 e. The fourth-order valence-electron chi connectivity index (χ4n) is 2.75. The molecule has 106 valence electrons. The Hall–Kier alpha value is -0.510. The number of aliphatic hydroxyl groups excluding tert-OH is 1. The number of hydrogen-bond donors (Lipinski definition) is 2. The predicted octanol–water partition coefficient (Wildman–Crippen LogP) is 3.01. The minimum Gasteiger partial charge on any atom is -0.393 e. The fraction of sp³-hybridized carbons (Fsp3) is 0.625. The van der Waals surface area contributed by atoms with Crippen LogP contribution >= 0.6 is 11.8 Å². The summed E-state index contributed by atoms with van der Waals surface area (Å²) in [5.41, 5.74) is 2.96. The minimum atomic E-state index is -0.201. The molecule has 0 saturated heterocycles. The lowest BCUT2D eigenvalue weighted by Gasteiger charge is -2.22. The van der Waals surface area contributed by atoms with Gasteiger partial charge >= 0.3 is 0 Å². The average Bonchev–Trinajstić information content (AvgIpc) is 2.58. The largest absolute Gasteiger partial charge is 0.393 e. The summed E-state index contributed by atoms with van der Waals surface area (Å²) >= 11 is 2.03. The normalized spacial score (nSPS) is 22.4. The van der Waals surface area contributed by atoms with Crippen LogP contribution in [0.2, 0.25) is 0 Å². The Morgan fingerprint density at radius 1 is 1.37 bits per heavy atom. The van der Waals surface area contributed by atoms with Crippen LogP contribution in [-0.4, -0.2) is 29.3 Å². The molecule has 1 aliphatic rings. The van der Waals surface area contributed by atoms with E-state index in [1.54, 1.807) is 0 Å². The van der Waals surface area contributed by atoms with Crippen molar-refractivity contribution in [1.29, 1.82) is 0 Å². The van der Waals surface area contributed by atoms with Gasteiger partial charge in [0.1, 0.15) is 0 Å². The van der Waals surface area contributed by atoms with Gasteiger partial charge in [-0.2, -0.15) is 11.8 Å². The van der Waals surface area contributed by atoms with Crippen LogP contribution in [0, 0.1) is 5.92 Å². The molecule has 3 heteroatoms. The highest BCUT2D eigenvalue weighted by Crippen LogP contribution is 2.27. The summed E-state index contributed by atoms with van der Waals surface area (Å²) in [5.74, 6) is 2.89. The molecule has 19 heavy (non-hydrogen) atoms. The molecule has 0 radical (unpaired) electrons. The molecular formula is C16H25NOS. The van der Waals surface area contributed by atoms with Crippen LogP contribution in [0.4, 0.5) is 0 Å². The molecule has 0 bridgehead atoms. The van der Waals surface area contributed by atoms with Crippen molar-refractivity contribution in [3.8, 4) is 0 Å². The first-order valence-electron chi connectivity index (χ1n) is 7.24. The van der Waals surface area contributed by atoms with Gasteiger partial charge in [0.2, 0.25) is 0 Å². The zero-order valence-electron chi connectivity index (χ0n) is 11.9. The third kappa shape index (κ3) is 4.51. The van der Waals surface area contributed by atoms with Gasteiger partial charge in [0, 0.05) is 11.8 Å². The molecule has 2 rings (SSSR count). The molecule has 0 fully saturated rings. The number of aryl methyl sites for hydroxylation is 1. The highest BCUT2D eigenvalue weighted by molar-refractivity contribution is 7.99. The summed E-state index contributed by atoms with van der Waals surface area (Å²) in [4.78, 5) is 0. The molecule has 3 unspecified atom stereocenters. The lowest BCUT2D eigenvalue weighted by atomic mass is 9.98. The summed E-state index contributed by atoms with van der Waals surface area (Å²) in [5, 5.41) is 13.1. The molecule has 1 aliphatic heterocycles. The molecule has 0 spiro atoms. The van der Waals surface area contributed by atoms with E-state index in [-0.39, 0.29) is 6.10 Å². The highest BCUT2D eigenvalue weighted by atomic mass is 32.2. The molecule has 2 N–H and O–H groups in total. The number of nitrogens with one attached hydrogen (secondary N) is 1. The van der Waals surface area contributed by atoms with Crippen LogP contribution in [0.25, 0.3) is 0 Å². The standard InChI is InChI=1S/C16H25NOS/c1-12(9-13(2)18)10-17-16-11-19-8-7-14-5-3-4-6-15(14)16/h3-6,12-13,16-18H,7-11H2,1-2H3. The van der Waals surface area contributed by atoms with Gasteiger partial charge in [-0.1, -0.05) is 31.2 Å². The van der Waals surface area contributed by atoms with Crippen molar-refractivity contribution in [3.63, 3.8) is 0 Å². The minimum absolute atomic E-state index is 0.201. The first-order valence-corrected chi connectivity index (χ1v) is 8.39. The molecule has 0 aromatic heterocycles. The Bertz CT molecular complexity index is 394. The van der Waals surface area contributed by atoms with Crippen LogP contribution < -0.4 is 5.32 Å². The van der Waals surface area contributed by atoms with E-state index in [0.717, 1.165) is 18.7 Å². The van der Waals surface area contributed by atoms with Crippen LogP contribution in [0.5, 0.6) is 0 Å². The maximum absolute atomic E-state index is 9.43. The maximum Gasteiger partial charge on any atom is 0.0515 e. The van der Waals surface area contributed by atoms with Gasteiger partial charge < -0.3 is 10.4 Å². The number of benzene rings is 1. The third-order valence-corrected chi connectivity index (χ3v) is 4.75. The van der Waals surface area contributed by atoms with Gasteiger partial charge in [-0.05, 0) is 49.1 Å². The van der Waals surface area contributed by atoms with E-state index in [1.165, 1.54) is 23.3 Å². The maximum atomic E-state index is 9.43. The Morgan fingerprint density at radius 3 is 2.95 bits per heavy atom. The first kappa shape index (κ1) is 14.9. The summed E-state index contributed by atoms with van der Waals surface area (Å²) in [6.45, 7) is 5.05. The first-order chi connectivity index (χ1) is 9.16. The molecule has 2 nitrogen and oxygen atoms in total. The van der Waals surface area contributed by atoms with Crippen molar-refractivity contribution in [3.05, 3.63) is 35.4 Å². The van der Waals surface area contributed by atoms with E-state index in [9.17, 15) is 5.11 Å². The third-order valence-electron chi connectivity index (χ3n) is 3.69. The van der Waals surface area contributed by atoms with Gasteiger partial charge in [-0.25, -0.2) is 0 Å². The van der Waals surface area contributed by atoms with Crippen molar-refractivity contribution in [2.75, 3.05) is 18.1 Å². The molecule has 3 atom stereocenters.